The minimum atomic E-state index is -0.285. The van der Waals surface area contributed by atoms with Crippen molar-refractivity contribution >= 4 is 17.7 Å². The Hall–Kier alpha value is -2.47. The first-order valence-electron chi connectivity index (χ1n) is 6.99. The van der Waals surface area contributed by atoms with Crippen LogP contribution in [0.1, 0.15) is 35.7 Å². The van der Waals surface area contributed by atoms with Crippen molar-refractivity contribution in [3.63, 3.8) is 0 Å². The van der Waals surface area contributed by atoms with Crippen LogP contribution in [0.5, 0.6) is 0 Å². The molecule has 116 valence electrons. The molecule has 6 nitrogen and oxygen atoms in total. The van der Waals surface area contributed by atoms with Gasteiger partial charge in [-0.15, -0.1) is 0 Å². The summed E-state index contributed by atoms with van der Waals surface area (Å²) in [6.07, 6.45) is 4.78. The van der Waals surface area contributed by atoms with Crippen LogP contribution in [0.2, 0.25) is 0 Å². The Bertz CT molecular complexity index is 660. The molecule has 0 aliphatic rings. The summed E-state index contributed by atoms with van der Waals surface area (Å²) in [5.74, 6) is 0.855. The van der Waals surface area contributed by atoms with Gasteiger partial charge in [0.2, 0.25) is 5.78 Å². The van der Waals surface area contributed by atoms with Gasteiger partial charge >= 0.3 is 0 Å². The third-order valence-corrected chi connectivity index (χ3v) is 3.30. The van der Waals surface area contributed by atoms with Gasteiger partial charge in [-0.3, -0.25) is 4.79 Å². The Morgan fingerprint density at radius 3 is 2.77 bits per heavy atom. The quantitative estimate of drug-likeness (QED) is 0.651. The van der Waals surface area contributed by atoms with Crippen LogP contribution in [0.15, 0.2) is 35.0 Å². The summed E-state index contributed by atoms with van der Waals surface area (Å²) in [5, 5.41) is 12.5. The molecular weight excluding hydrogens is 282 g/mol. The van der Waals surface area contributed by atoms with Crippen LogP contribution < -0.4 is 4.90 Å². The molecule has 0 saturated heterocycles. The topological polar surface area (TPSA) is 79.5 Å². The number of aromatic nitrogens is 2. The first-order chi connectivity index (χ1) is 10.5. The maximum atomic E-state index is 11.9. The summed E-state index contributed by atoms with van der Waals surface area (Å²) in [6, 6.07) is 5.59. The second-order valence-corrected chi connectivity index (χ2v) is 5.19. The number of anilines is 1. The lowest BCUT2D eigenvalue weighted by molar-refractivity contribution is 0.103. The largest absolute Gasteiger partial charge is 0.388 e. The average Bonchev–Trinajstić information content (AvgIpc) is 3.01. The van der Waals surface area contributed by atoms with Crippen molar-refractivity contribution in [1.82, 2.24) is 10.1 Å². The minimum absolute atomic E-state index is 0.171. The lowest BCUT2D eigenvalue weighted by Crippen LogP contribution is -2.26. The van der Waals surface area contributed by atoms with E-state index in [0.717, 1.165) is 11.4 Å². The van der Waals surface area contributed by atoms with Crippen LogP contribution in [0.3, 0.4) is 0 Å². The Labute approximate surface area is 129 Å². The molecule has 0 amide bonds. The highest BCUT2D eigenvalue weighted by Gasteiger charge is 2.09. The molecule has 2 aromatic heterocycles. The van der Waals surface area contributed by atoms with E-state index in [1.165, 1.54) is 12.1 Å². The van der Waals surface area contributed by atoms with Crippen LogP contribution in [-0.2, 0) is 6.61 Å². The van der Waals surface area contributed by atoms with Crippen LogP contribution in [0.4, 0.5) is 5.82 Å². The van der Waals surface area contributed by atoms with Gasteiger partial charge in [0, 0.05) is 25.4 Å². The molecule has 0 aliphatic carbocycles. The molecule has 22 heavy (non-hydrogen) atoms. The Kier molecular flexibility index (Phi) is 5.06. The normalized spacial score (nSPS) is 11.3. The van der Waals surface area contributed by atoms with Gasteiger partial charge in [-0.25, -0.2) is 4.98 Å². The molecule has 6 heteroatoms. The molecule has 1 N–H and O–H groups in total. The number of ketones is 1. The van der Waals surface area contributed by atoms with Gasteiger partial charge in [-0.05, 0) is 43.7 Å². The molecule has 0 saturated carbocycles. The number of pyridine rings is 1. The molecule has 2 rings (SSSR count). The number of aliphatic hydroxyl groups excluding tert-OH is 1. The Balaban J connectivity index is 2.05. The second kappa shape index (κ2) is 7.00. The second-order valence-electron chi connectivity index (χ2n) is 5.19. The van der Waals surface area contributed by atoms with E-state index in [4.69, 9.17) is 9.63 Å². The van der Waals surface area contributed by atoms with E-state index in [-0.39, 0.29) is 23.8 Å². The number of carbonyl (C=O) groups is 1. The van der Waals surface area contributed by atoms with E-state index >= 15 is 0 Å². The zero-order valence-corrected chi connectivity index (χ0v) is 12.9. The highest BCUT2D eigenvalue weighted by Crippen LogP contribution is 2.13. The zero-order valence-electron chi connectivity index (χ0n) is 12.9. The predicted octanol–water partition coefficient (Wildman–Crippen LogP) is 2.30. The van der Waals surface area contributed by atoms with Gasteiger partial charge in [-0.1, -0.05) is 5.16 Å². The molecule has 0 spiro atoms. The SMILES string of the molecule is CC(C)N(C)c1ccc(C=CC(=O)c2cc(CO)on2)cn1. The fraction of sp³-hybridized carbons (Fsp3) is 0.312. The molecule has 0 radical (unpaired) electrons. The Morgan fingerprint density at radius 2 is 2.23 bits per heavy atom. The molecule has 0 bridgehead atoms. The molecule has 2 heterocycles. The van der Waals surface area contributed by atoms with E-state index in [9.17, 15) is 4.79 Å². The molecule has 0 aromatic carbocycles. The number of rotatable bonds is 6. The predicted molar refractivity (Wildman–Crippen MR) is 83.6 cm³/mol. The minimum Gasteiger partial charge on any atom is -0.388 e. The van der Waals surface area contributed by atoms with Gasteiger partial charge in [0.15, 0.2) is 11.5 Å². The van der Waals surface area contributed by atoms with Crippen molar-refractivity contribution < 1.29 is 14.4 Å². The van der Waals surface area contributed by atoms with E-state index in [1.54, 1.807) is 12.3 Å². The maximum absolute atomic E-state index is 11.9. The molecule has 0 atom stereocenters. The van der Waals surface area contributed by atoms with E-state index in [1.807, 2.05) is 19.2 Å². The first-order valence-corrected chi connectivity index (χ1v) is 6.99. The number of aliphatic hydroxyl groups is 1. The van der Waals surface area contributed by atoms with Crippen LogP contribution in [0.25, 0.3) is 6.08 Å². The third kappa shape index (κ3) is 3.79. The van der Waals surface area contributed by atoms with Crippen molar-refractivity contribution in [2.45, 2.75) is 26.5 Å². The maximum Gasteiger partial charge on any atom is 0.207 e. The average molecular weight is 301 g/mol. The number of hydrogen-bond acceptors (Lipinski definition) is 6. The van der Waals surface area contributed by atoms with E-state index in [0.29, 0.717) is 6.04 Å². The van der Waals surface area contributed by atoms with Crippen molar-refractivity contribution in [2.24, 2.45) is 0 Å². The smallest absolute Gasteiger partial charge is 0.207 e. The zero-order chi connectivity index (χ0) is 16.1. The summed E-state index contributed by atoms with van der Waals surface area (Å²) >= 11 is 0. The molecular formula is C16H19N3O3. The van der Waals surface area contributed by atoms with Crippen molar-refractivity contribution in [2.75, 3.05) is 11.9 Å². The molecule has 2 aromatic rings. The van der Waals surface area contributed by atoms with Crippen LogP contribution in [-0.4, -0.2) is 34.1 Å². The van der Waals surface area contributed by atoms with Crippen molar-refractivity contribution in [1.29, 1.82) is 0 Å². The van der Waals surface area contributed by atoms with Gasteiger partial charge < -0.3 is 14.5 Å². The number of carbonyl (C=O) groups excluding carboxylic acids is 1. The van der Waals surface area contributed by atoms with Gasteiger partial charge in [0.1, 0.15) is 12.4 Å². The fourth-order valence-corrected chi connectivity index (χ4v) is 1.73. The molecule has 0 fully saturated rings. The summed E-state index contributed by atoms with van der Waals surface area (Å²) in [4.78, 5) is 18.3. The van der Waals surface area contributed by atoms with Gasteiger partial charge in [-0.2, -0.15) is 0 Å². The fourth-order valence-electron chi connectivity index (χ4n) is 1.73. The highest BCUT2D eigenvalue weighted by molar-refractivity contribution is 6.05. The molecule has 0 unspecified atom stereocenters. The number of hydrogen-bond donors (Lipinski definition) is 1. The summed E-state index contributed by atoms with van der Waals surface area (Å²) in [6.45, 7) is 3.90. The number of nitrogens with zero attached hydrogens (tertiary/aromatic N) is 3. The molecule has 0 aliphatic heterocycles. The van der Waals surface area contributed by atoms with E-state index < -0.39 is 0 Å². The summed E-state index contributed by atoms with van der Waals surface area (Å²) in [7, 11) is 1.98. The standard InChI is InChI=1S/C16H19N3O3/c1-11(2)19(3)16-7-5-12(9-17-16)4-6-15(21)14-8-13(10-20)22-18-14/h4-9,11,20H,10H2,1-3H3. The third-order valence-electron chi connectivity index (χ3n) is 3.30. The van der Waals surface area contributed by atoms with Gasteiger partial charge in [0.25, 0.3) is 0 Å². The summed E-state index contributed by atoms with van der Waals surface area (Å²) < 4.78 is 4.78. The van der Waals surface area contributed by atoms with Gasteiger partial charge in [0.05, 0.1) is 0 Å². The Morgan fingerprint density at radius 1 is 1.45 bits per heavy atom. The van der Waals surface area contributed by atoms with Crippen LogP contribution >= 0.6 is 0 Å². The lowest BCUT2D eigenvalue weighted by Gasteiger charge is -2.22. The number of allylic oxidation sites excluding steroid dienone is 1. The van der Waals surface area contributed by atoms with E-state index in [2.05, 4.69) is 28.9 Å². The van der Waals surface area contributed by atoms with Crippen molar-refractivity contribution in [3.8, 4) is 0 Å². The van der Waals surface area contributed by atoms with Crippen LogP contribution in [0, 0.1) is 0 Å². The summed E-state index contributed by atoms with van der Waals surface area (Å²) in [5.41, 5.74) is 0.990. The highest BCUT2D eigenvalue weighted by atomic mass is 16.5. The first kappa shape index (κ1) is 15.9. The lowest BCUT2D eigenvalue weighted by atomic mass is 10.2. The van der Waals surface area contributed by atoms with Crippen molar-refractivity contribution in [3.05, 3.63) is 47.5 Å². The monoisotopic (exact) mass is 301 g/mol.